The topological polar surface area (TPSA) is 51.2 Å². The predicted octanol–water partition coefficient (Wildman–Crippen LogP) is 5.60. The third-order valence-electron chi connectivity index (χ3n) is 4.98. The molecule has 0 fully saturated rings. The van der Waals surface area contributed by atoms with Crippen LogP contribution in [0.4, 0.5) is 0 Å². The van der Waals surface area contributed by atoms with Crippen molar-refractivity contribution in [2.24, 2.45) is 0 Å². The molecule has 0 aliphatic carbocycles. The Morgan fingerprint density at radius 3 is 2.34 bits per heavy atom. The van der Waals surface area contributed by atoms with Crippen LogP contribution < -0.4 is 10.1 Å². The van der Waals surface area contributed by atoms with Crippen LogP contribution in [0.3, 0.4) is 0 Å². The van der Waals surface area contributed by atoms with Gasteiger partial charge in [0.05, 0.1) is 24.4 Å². The van der Waals surface area contributed by atoms with Gasteiger partial charge in [-0.05, 0) is 34.9 Å². The zero-order valence-electron chi connectivity index (χ0n) is 17.8. The molecule has 0 saturated carbocycles. The van der Waals surface area contributed by atoms with Crippen LogP contribution >= 0.6 is 11.3 Å². The molecular weight excluding hydrogens is 416 g/mol. The summed E-state index contributed by atoms with van der Waals surface area (Å²) >= 11 is 1.62. The lowest BCUT2D eigenvalue weighted by molar-refractivity contribution is -0.115. The molecule has 1 heterocycles. The van der Waals surface area contributed by atoms with Crippen LogP contribution in [0.1, 0.15) is 27.4 Å². The molecule has 3 aromatic carbocycles. The molecule has 4 nitrogen and oxygen atoms in total. The van der Waals surface area contributed by atoms with E-state index in [1.54, 1.807) is 18.4 Å². The molecule has 32 heavy (non-hydrogen) atoms. The molecular formula is C27H24N2O2S. The summed E-state index contributed by atoms with van der Waals surface area (Å²) in [6.07, 6.45) is 2.69. The lowest BCUT2D eigenvalue weighted by atomic mass is 10.0. The Morgan fingerprint density at radius 2 is 1.66 bits per heavy atom. The third-order valence-corrected chi connectivity index (χ3v) is 5.88. The highest BCUT2D eigenvalue weighted by atomic mass is 32.1. The summed E-state index contributed by atoms with van der Waals surface area (Å²) in [7, 11) is 1.64. The molecule has 5 heteroatoms. The number of carbonyl (C=O) groups excluding carboxylic acids is 1. The number of carbonyl (C=O) groups is 1. The molecule has 0 aliphatic rings. The van der Waals surface area contributed by atoms with E-state index in [0.717, 1.165) is 34.0 Å². The van der Waals surface area contributed by atoms with Crippen LogP contribution in [0.5, 0.6) is 5.75 Å². The second-order valence-electron chi connectivity index (χ2n) is 7.27. The fourth-order valence-corrected chi connectivity index (χ4v) is 4.14. The van der Waals surface area contributed by atoms with Crippen LogP contribution in [0.25, 0.3) is 11.6 Å². The SMILES string of the molecule is COc1ccc(/C=C(/C(=O)NCc2csc(Cc3ccccc3)n2)c2ccccc2)cc1. The van der Waals surface area contributed by atoms with Crippen molar-refractivity contribution in [1.82, 2.24) is 10.3 Å². The van der Waals surface area contributed by atoms with Gasteiger partial charge in [0.15, 0.2) is 0 Å². The van der Waals surface area contributed by atoms with Gasteiger partial charge in [0.25, 0.3) is 5.91 Å². The molecule has 1 amide bonds. The van der Waals surface area contributed by atoms with E-state index < -0.39 is 0 Å². The number of hydrogen-bond donors (Lipinski definition) is 1. The van der Waals surface area contributed by atoms with Crippen molar-refractivity contribution in [1.29, 1.82) is 0 Å². The summed E-state index contributed by atoms with van der Waals surface area (Å²) in [5.74, 6) is 0.646. The first-order valence-electron chi connectivity index (χ1n) is 10.4. The number of benzene rings is 3. The van der Waals surface area contributed by atoms with Gasteiger partial charge < -0.3 is 10.1 Å². The summed E-state index contributed by atoms with van der Waals surface area (Å²) in [6, 6.07) is 27.6. The van der Waals surface area contributed by atoms with E-state index in [4.69, 9.17) is 4.74 Å². The number of amides is 1. The van der Waals surface area contributed by atoms with Crippen molar-refractivity contribution < 1.29 is 9.53 Å². The zero-order valence-corrected chi connectivity index (χ0v) is 18.6. The fraction of sp³-hybridized carbons (Fsp3) is 0.111. The van der Waals surface area contributed by atoms with Crippen LogP contribution in [0.15, 0.2) is 90.3 Å². The van der Waals surface area contributed by atoms with Gasteiger partial charge in [0.1, 0.15) is 5.75 Å². The maximum absolute atomic E-state index is 13.1. The van der Waals surface area contributed by atoms with Crippen molar-refractivity contribution in [2.45, 2.75) is 13.0 Å². The number of aromatic nitrogens is 1. The van der Waals surface area contributed by atoms with Crippen molar-refractivity contribution in [3.8, 4) is 5.75 Å². The van der Waals surface area contributed by atoms with Crippen LogP contribution in [0.2, 0.25) is 0 Å². The van der Waals surface area contributed by atoms with E-state index in [9.17, 15) is 4.79 Å². The second kappa shape index (κ2) is 10.6. The average Bonchev–Trinajstić information content (AvgIpc) is 3.30. The van der Waals surface area contributed by atoms with E-state index in [2.05, 4.69) is 22.4 Å². The number of ether oxygens (including phenoxy) is 1. The zero-order chi connectivity index (χ0) is 22.2. The van der Waals surface area contributed by atoms with E-state index in [-0.39, 0.29) is 5.91 Å². The number of hydrogen-bond acceptors (Lipinski definition) is 4. The van der Waals surface area contributed by atoms with Crippen molar-refractivity contribution in [2.75, 3.05) is 7.11 Å². The number of thiazole rings is 1. The Hall–Kier alpha value is -3.70. The largest absolute Gasteiger partial charge is 0.497 e. The van der Waals surface area contributed by atoms with E-state index in [1.165, 1.54) is 5.56 Å². The summed E-state index contributed by atoms with van der Waals surface area (Å²) in [5.41, 5.74) is 4.50. The number of nitrogens with zero attached hydrogens (tertiary/aromatic N) is 1. The first-order chi connectivity index (χ1) is 15.7. The van der Waals surface area contributed by atoms with Gasteiger partial charge in [0.2, 0.25) is 0 Å². The molecule has 1 N–H and O–H groups in total. The van der Waals surface area contributed by atoms with Crippen LogP contribution in [-0.2, 0) is 17.8 Å². The molecule has 4 rings (SSSR count). The highest BCUT2D eigenvalue weighted by Gasteiger charge is 2.13. The van der Waals surface area contributed by atoms with Crippen molar-refractivity contribution >= 4 is 28.9 Å². The normalized spacial score (nSPS) is 11.2. The summed E-state index contributed by atoms with van der Waals surface area (Å²) in [5, 5.41) is 6.08. The van der Waals surface area contributed by atoms with Crippen LogP contribution in [0, 0.1) is 0 Å². The quantitative estimate of drug-likeness (QED) is 0.287. The van der Waals surface area contributed by atoms with Crippen molar-refractivity contribution in [3.63, 3.8) is 0 Å². The van der Waals surface area contributed by atoms with Crippen molar-refractivity contribution in [3.05, 3.63) is 118 Å². The monoisotopic (exact) mass is 440 g/mol. The Morgan fingerprint density at radius 1 is 0.969 bits per heavy atom. The molecule has 4 aromatic rings. The summed E-state index contributed by atoms with van der Waals surface area (Å²) in [6.45, 7) is 0.386. The lowest BCUT2D eigenvalue weighted by Crippen LogP contribution is -2.24. The Kier molecular flexibility index (Phi) is 7.10. The molecule has 1 aromatic heterocycles. The van der Waals surface area contributed by atoms with Gasteiger partial charge in [-0.1, -0.05) is 72.8 Å². The highest BCUT2D eigenvalue weighted by Crippen LogP contribution is 2.21. The first kappa shape index (κ1) is 21.5. The second-order valence-corrected chi connectivity index (χ2v) is 8.22. The molecule has 0 spiro atoms. The number of methoxy groups -OCH3 is 1. The van der Waals surface area contributed by atoms with Gasteiger partial charge in [-0.15, -0.1) is 11.3 Å². The Bertz CT molecular complexity index is 1180. The minimum absolute atomic E-state index is 0.135. The van der Waals surface area contributed by atoms with Gasteiger partial charge in [0, 0.05) is 17.4 Å². The molecule has 160 valence electrons. The molecule has 0 aliphatic heterocycles. The minimum Gasteiger partial charge on any atom is -0.497 e. The van der Waals surface area contributed by atoms with Gasteiger partial charge in [-0.3, -0.25) is 4.79 Å². The maximum Gasteiger partial charge on any atom is 0.252 e. The van der Waals surface area contributed by atoms with Gasteiger partial charge in [-0.25, -0.2) is 4.98 Å². The molecule has 0 radical (unpaired) electrons. The highest BCUT2D eigenvalue weighted by molar-refractivity contribution is 7.09. The Balaban J connectivity index is 1.47. The minimum atomic E-state index is -0.135. The smallest absolute Gasteiger partial charge is 0.252 e. The first-order valence-corrected chi connectivity index (χ1v) is 11.3. The van der Waals surface area contributed by atoms with E-state index in [1.807, 2.05) is 84.3 Å². The summed E-state index contributed by atoms with van der Waals surface area (Å²) in [4.78, 5) is 17.8. The lowest BCUT2D eigenvalue weighted by Gasteiger charge is -2.09. The maximum atomic E-state index is 13.1. The average molecular weight is 441 g/mol. The number of rotatable bonds is 8. The van der Waals surface area contributed by atoms with Gasteiger partial charge >= 0.3 is 0 Å². The fourth-order valence-electron chi connectivity index (χ4n) is 3.31. The summed E-state index contributed by atoms with van der Waals surface area (Å²) < 4.78 is 5.23. The third kappa shape index (κ3) is 5.71. The standard InChI is InChI=1S/C27H24N2O2S/c1-31-24-14-12-21(13-15-24)16-25(22-10-6-3-7-11-22)27(30)28-18-23-19-32-26(29-23)17-20-8-4-2-5-9-20/h2-16,19H,17-18H2,1H3,(H,28,30)/b25-16+. The molecule has 0 bridgehead atoms. The van der Waals surface area contributed by atoms with E-state index in [0.29, 0.717) is 12.1 Å². The molecule has 0 atom stereocenters. The number of nitrogens with one attached hydrogen (secondary N) is 1. The predicted molar refractivity (Wildman–Crippen MR) is 131 cm³/mol. The Labute approximate surface area is 192 Å². The molecule has 0 unspecified atom stereocenters. The van der Waals surface area contributed by atoms with Crippen LogP contribution in [-0.4, -0.2) is 18.0 Å². The molecule has 0 saturated heterocycles. The van der Waals surface area contributed by atoms with Gasteiger partial charge in [-0.2, -0.15) is 0 Å². The van der Waals surface area contributed by atoms with E-state index >= 15 is 0 Å².